The number of aliphatic hydroxyl groups is 1. The minimum Gasteiger partial charge on any atom is -0.508 e. The van der Waals surface area contributed by atoms with Crippen LogP contribution in [-0.4, -0.2) is 27.3 Å². The molecule has 18 heavy (non-hydrogen) atoms. The van der Waals surface area contributed by atoms with E-state index in [0.29, 0.717) is 6.42 Å². The van der Waals surface area contributed by atoms with E-state index in [9.17, 15) is 10.2 Å². The summed E-state index contributed by atoms with van der Waals surface area (Å²) in [6, 6.07) is 7.17. The first-order valence-corrected chi connectivity index (χ1v) is 7.86. The van der Waals surface area contributed by atoms with Crippen molar-refractivity contribution in [3.8, 4) is 5.75 Å². The lowest BCUT2D eigenvalue weighted by molar-refractivity contribution is 0.200. The van der Waals surface area contributed by atoms with Crippen molar-refractivity contribution < 1.29 is 10.2 Å². The van der Waals surface area contributed by atoms with Gasteiger partial charge in [-0.05, 0) is 37.0 Å². The molecule has 2 nitrogen and oxygen atoms in total. The van der Waals surface area contributed by atoms with Crippen molar-refractivity contribution in [2.75, 3.05) is 5.75 Å². The summed E-state index contributed by atoms with van der Waals surface area (Å²) in [5, 5.41) is 20.1. The maximum atomic E-state index is 10.0. The van der Waals surface area contributed by atoms with Gasteiger partial charge in [-0.3, -0.25) is 0 Å². The summed E-state index contributed by atoms with van der Waals surface area (Å²) >= 11 is 1.92. The van der Waals surface area contributed by atoms with Gasteiger partial charge in [-0.2, -0.15) is 11.8 Å². The molecule has 1 unspecified atom stereocenters. The lowest BCUT2D eigenvalue weighted by atomic mass is 10.0. The summed E-state index contributed by atoms with van der Waals surface area (Å²) in [7, 11) is 0. The normalized spacial score (nSPS) is 18.7. The highest BCUT2D eigenvalue weighted by Gasteiger charge is 2.15. The number of phenolic OH excluding ortho intramolecular Hbond substituents is 1. The molecular formula is C15H22O2S. The zero-order valence-electron chi connectivity index (χ0n) is 10.7. The van der Waals surface area contributed by atoms with Gasteiger partial charge in [0.05, 0.1) is 6.10 Å². The molecule has 1 aromatic rings. The highest BCUT2D eigenvalue weighted by atomic mass is 32.2. The average molecular weight is 266 g/mol. The van der Waals surface area contributed by atoms with Crippen LogP contribution in [0.5, 0.6) is 5.75 Å². The van der Waals surface area contributed by atoms with E-state index in [1.165, 1.54) is 32.1 Å². The third-order valence-electron chi connectivity index (χ3n) is 3.46. The van der Waals surface area contributed by atoms with E-state index >= 15 is 0 Å². The first kappa shape index (κ1) is 13.8. The summed E-state index contributed by atoms with van der Waals surface area (Å²) in [5.41, 5.74) is 1.01. The van der Waals surface area contributed by atoms with E-state index in [2.05, 4.69) is 0 Å². The smallest absolute Gasteiger partial charge is 0.115 e. The van der Waals surface area contributed by atoms with Crippen LogP contribution in [0.2, 0.25) is 0 Å². The van der Waals surface area contributed by atoms with Crippen molar-refractivity contribution in [3.63, 3.8) is 0 Å². The van der Waals surface area contributed by atoms with E-state index in [1.54, 1.807) is 12.1 Å². The summed E-state index contributed by atoms with van der Waals surface area (Å²) in [6.45, 7) is 0. The molecule has 1 fully saturated rings. The van der Waals surface area contributed by atoms with Crippen molar-refractivity contribution in [1.82, 2.24) is 0 Å². The molecule has 1 saturated carbocycles. The molecule has 1 aliphatic carbocycles. The van der Waals surface area contributed by atoms with Crippen molar-refractivity contribution in [2.45, 2.75) is 49.9 Å². The Morgan fingerprint density at radius 1 is 1.22 bits per heavy atom. The Bertz CT molecular complexity index is 361. The quantitative estimate of drug-likeness (QED) is 0.858. The number of hydrogen-bond acceptors (Lipinski definition) is 3. The highest BCUT2D eigenvalue weighted by molar-refractivity contribution is 7.99. The first-order chi connectivity index (χ1) is 8.74. The molecule has 0 heterocycles. The van der Waals surface area contributed by atoms with Gasteiger partial charge in [-0.25, -0.2) is 0 Å². The third kappa shape index (κ3) is 4.54. The fraction of sp³-hybridized carbons (Fsp3) is 0.600. The molecule has 0 bridgehead atoms. The Morgan fingerprint density at radius 2 is 2.00 bits per heavy atom. The lowest BCUT2D eigenvalue weighted by Crippen LogP contribution is -2.17. The van der Waals surface area contributed by atoms with Crippen LogP contribution in [0, 0.1) is 0 Å². The zero-order chi connectivity index (χ0) is 12.8. The molecule has 1 aliphatic rings. The molecule has 2 rings (SSSR count). The van der Waals surface area contributed by atoms with Crippen molar-refractivity contribution in [2.24, 2.45) is 0 Å². The third-order valence-corrected chi connectivity index (χ3v) is 4.98. The number of thioether (sulfide) groups is 1. The summed E-state index contributed by atoms with van der Waals surface area (Å²) < 4.78 is 0. The topological polar surface area (TPSA) is 40.5 Å². The summed E-state index contributed by atoms with van der Waals surface area (Å²) in [4.78, 5) is 0. The molecule has 0 spiro atoms. The summed E-state index contributed by atoms with van der Waals surface area (Å²) in [5.74, 6) is 1.08. The van der Waals surface area contributed by atoms with Crippen LogP contribution in [0.3, 0.4) is 0 Å². The molecule has 100 valence electrons. The summed E-state index contributed by atoms with van der Waals surface area (Å²) in [6.07, 6.45) is 7.02. The number of rotatable bonds is 5. The zero-order valence-corrected chi connectivity index (χ0v) is 11.5. The van der Waals surface area contributed by atoms with Crippen LogP contribution < -0.4 is 0 Å². The van der Waals surface area contributed by atoms with Crippen molar-refractivity contribution in [3.05, 3.63) is 29.8 Å². The second-order valence-corrected chi connectivity index (χ2v) is 6.45. The molecule has 0 amide bonds. The van der Waals surface area contributed by atoms with E-state index in [0.717, 1.165) is 16.6 Å². The SMILES string of the molecule is Oc1cccc(CC(O)CSC2CCCCC2)c1. The Hall–Kier alpha value is -0.670. The van der Waals surface area contributed by atoms with Gasteiger partial charge >= 0.3 is 0 Å². The Balaban J connectivity index is 1.72. The Kier molecular flexibility index (Phi) is 5.39. The predicted octanol–water partition coefficient (Wildman–Crippen LogP) is 3.36. The molecule has 2 N–H and O–H groups in total. The Morgan fingerprint density at radius 3 is 2.72 bits per heavy atom. The van der Waals surface area contributed by atoms with Gasteiger partial charge in [0.25, 0.3) is 0 Å². The maximum Gasteiger partial charge on any atom is 0.115 e. The van der Waals surface area contributed by atoms with Gasteiger partial charge in [0, 0.05) is 11.0 Å². The monoisotopic (exact) mass is 266 g/mol. The van der Waals surface area contributed by atoms with Gasteiger partial charge in [0.2, 0.25) is 0 Å². The number of aromatic hydroxyl groups is 1. The molecular weight excluding hydrogens is 244 g/mol. The molecule has 0 radical (unpaired) electrons. The van der Waals surface area contributed by atoms with Gasteiger partial charge in [-0.1, -0.05) is 31.4 Å². The Labute approximate surface area is 113 Å². The van der Waals surface area contributed by atoms with E-state index in [-0.39, 0.29) is 11.9 Å². The largest absolute Gasteiger partial charge is 0.508 e. The number of phenols is 1. The van der Waals surface area contributed by atoms with Crippen LogP contribution >= 0.6 is 11.8 Å². The first-order valence-electron chi connectivity index (χ1n) is 6.81. The van der Waals surface area contributed by atoms with Gasteiger partial charge in [0.1, 0.15) is 5.75 Å². The minimum atomic E-state index is -0.307. The number of aliphatic hydroxyl groups excluding tert-OH is 1. The fourth-order valence-corrected chi connectivity index (χ4v) is 3.77. The van der Waals surface area contributed by atoms with Crippen LogP contribution in [-0.2, 0) is 6.42 Å². The van der Waals surface area contributed by atoms with Crippen molar-refractivity contribution >= 4 is 11.8 Å². The van der Waals surface area contributed by atoms with E-state index in [4.69, 9.17) is 0 Å². The molecule has 1 atom stereocenters. The number of benzene rings is 1. The van der Waals surface area contributed by atoms with Crippen LogP contribution in [0.4, 0.5) is 0 Å². The van der Waals surface area contributed by atoms with E-state index in [1.807, 2.05) is 23.9 Å². The lowest BCUT2D eigenvalue weighted by Gasteiger charge is -2.22. The van der Waals surface area contributed by atoms with Crippen LogP contribution in [0.1, 0.15) is 37.7 Å². The van der Waals surface area contributed by atoms with Gasteiger partial charge in [0.15, 0.2) is 0 Å². The predicted molar refractivity (Wildman–Crippen MR) is 77.1 cm³/mol. The van der Waals surface area contributed by atoms with Gasteiger partial charge < -0.3 is 10.2 Å². The van der Waals surface area contributed by atoms with Crippen LogP contribution in [0.25, 0.3) is 0 Å². The highest BCUT2D eigenvalue weighted by Crippen LogP contribution is 2.28. The molecule has 0 aliphatic heterocycles. The molecule has 0 aromatic heterocycles. The molecule has 3 heteroatoms. The molecule has 0 saturated heterocycles. The van der Waals surface area contributed by atoms with E-state index < -0.39 is 0 Å². The second kappa shape index (κ2) is 7.05. The average Bonchev–Trinajstić information content (AvgIpc) is 2.38. The van der Waals surface area contributed by atoms with Crippen molar-refractivity contribution in [1.29, 1.82) is 0 Å². The fourth-order valence-electron chi connectivity index (χ4n) is 2.49. The second-order valence-electron chi connectivity index (χ2n) is 5.12. The van der Waals surface area contributed by atoms with Crippen LogP contribution in [0.15, 0.2) is 24.3 Å². The number of hydrogen-bond donors (Lipinski definition) is 2. The standard InChI is InChI=1S/C15H22O2S/c16-13-6-4-5-12(9-13)10-14(17)11-18-15-7-2-1-3-8-15/h4-6,9,14-17H,1-3,7-8,10-11H2. The van der Waals surface area contributed by atoms with Gasteiger partial charge in [-0.15, -0.1) is 0 Å². The molecule has 1 aromatic carbocycles. The maximum absolute atomic E-state index is 10.0. The minimum absolute atomic E-state index is 0.277.